The quantitative estimate of drug-likeness (QED) is 0.545. The van der Waals surface area contributed by atoms with Crippen LogP contribution in [0.1, 0.15) is 49.8 Å². The van der Waals surface area contributed by atoms with Gasteiger partial charge in [-0.3, -0.25) is 9.59 Å². The van der Waals surface area contributed by atoms with Gasteiger partial charge in [-0.1, -0.05) is 29.8 Å². The van der Waals surface area contributed by atoms with Gasteiger partial charge in [0.15, 0.2) is 12.2 Å². The minimum atomic E-state index is -1.08. The number of carbonyl (C=O) groups is 2. The second-order valence-electron chi connectivity index (χ2n) is 10.6. The highest BCUT2D eigenvalue weighted by atomic mass is 35.5. The number of fused-ring (bicyclic) bond motifs is 1. The van der Waals surface area contributed by atoms with E-state index in [1.165, 1.54) is 5.56 Å². The van der Waals surface area contributed by atoms with E-state index in [1.54, 1.807) is 4.90 Å². The standard InChI is InChI=1S/C30H39ClN2O5/c1-21(2)33-14-15-36-26-11-6-5-9-24(26)10-7-8-12-30(29(33)35)20-32(13-16-38-30)27(34)19-37-25-17-22(3)28(31)23(4)18-25/h5-6,9,11,17-18,21H,7-8,10,12-16,19-20H2,1-4H3. The summed E-state index contributed by atoms with van der Waals surface area (Å²) >= 11 is 6.27. The van der Waals surface area contributed by atoms with Crippen LogP contribution >= 0.6 is 11.6 Å². The molecule has 206 valence electrons. The van der Waals surface area contributed by atoms with E-state index in [2.05, 4.69) is 6.07 Å². The highest BCUT2D eigenvalue weighted by Crippen LogP contribution is 2.31. The molecule has 0 aliphatic carbocycles. The van der Waals surface area contributed by atoms with E-state index in [1.807, 2.05) is 62.9 Å². The Labute approximate surface area is 231 Å². The summed E-state index contributed by atoms with van der Waals surface area (Å²) in [6.07, 6.45) is 3.11. The number of hydrogen-bond donors (Lipinski definition) is 0. The summed E-state index contributed by atoms with van der Waals surface area (Å²) in [6, 6.07) is 11.7. The Bertz CT molecular complexity index is 1130. The zero-order chi connectivity index (χ0) is 27.3. The van der Waals surface area contributed by atoms with Crippen molar-refractivity contribution in [3.8, 4) is 11.5 Å². The first kappa shape index (κ1) is 28.2. The summed E-state index contributed by atoms with van der Waals surface area (Å²) in [6.45, 7) is 9.51. The summed E-state index contributed by atoms with van der Waals surface area (Å²) in [5.74, 6) is 1.25. The van der Waals surface area contributed by atoms with Crippen LogP contribution in [-0.2, 0) is 20.7 Å². The van der Waals surface area contributed by atoms with Crippen LogP contribution in [-0.4, -0.2) is 72.7 Å². The second-order valence-corrected chi connectivity index (χ2v) is 11.0. The maximum atomic E-state index is 14.0. The highest BCUT2D eigenvalue weighted by Gasteiger charge is 2.47. The van der Waals surface area contributed by atoms with Gasteiger partial charge in [0.25, 0.3) is 11.8 Å². The third kappa shape index (κ3) is 6.44. The fourth-order valence-electron chi connectivity index (χ4n) is 5.30. The van der Waals surface area contributed by atoms with Gasteiger partial charge in [0, 0.05) is 17.6 Å². The minimum absolute atomic E-state index is 0.0319. The van der Waals surface area contributed by atoms with Crippen molar-refractivity contribution in [2.75, 3.05) is 39.5 Å². The second kappa shape index (κ2) is 12.4. The molecule has 0 bridgehead atoms. The summed E-state index contributed by atoms with van der Waals surface area (Å²) < 4.78 is 18.2. The summed E-state index contributed by atoms with van der Waals surface area (Å²) in [7, 11) is 0. The van der Waals surface area contributed by atoms with Crippen molar-refractivity contribution in [1.82, 2.24) is 9.80 Å². The predicted molar refractivity (Wildman–Crippen MR) is 148 cm³/mol. The molecule has 1 atom stereocenters. The van der Waals surface area contributed by atoms with E-state index < -0.39 is 5.60 Å². The number of para-hydroxylation sites is 1. The lowest BCUT2D eigenvalue weighted by atomic mass is 9.90. The van der Waals surface area contributed by atoms with Crippen LogP contribution in [0.25, 0.3) is 0 Å². The maximum Gasteiger partial charge on any atom is 0.260 e. The van der Waals surface area contributed by atoms with Crippen LogP contribution in [0.15, 0.2) is 36.4 Å². The molecule has 1 unspecified atom stereocenters. The molecule has 1 spiro atoms. The lowest BCUT2D eigenvalue weighted by molar-refractivity contribution is -0.178. The molecule has 0 saturated carbocycles. The number of aryl methyl sites for hydroxylation is 3. The molecule has 0 aromatic heterocycles. The van der Waals surface area contributed by atoms with Gasteiger partial charge < -0.3 is 24.0 Å². The van der Waals surface area contributed by atoms with Crippen LogP contribution in [0.3, 0.4) is 0 Å². The lowest BCUT2D eigenvalue weighted by Crippen LogP contribution is -2.63. The molecular weight excluding hydrogens is 504 g/mol. The van der Waals surface area contributed by atoms with E-state index in [4.69, 9.17) is 25.8 Å². The van der Waals surface area contributed by atoms with Crippen LogP contribution < -0.4 is 9.47 Å². The summed E-state index contributed by atoms with van der Waals surface area (Å²) in [4.78, 5) is 30.8. The molecular formula is C30H39ClN2O5. The molecule has 2 amide bonds. The van der Waals surface area contributed by atoms with Gasteiger partial charge in [-0.05, 0) is 88.3 Å². The SMILES string of the molecule is Cc1cc(OCC(=O)N2CCOC3(CCCCc4ccccc4OCCN(C(C)C)C3=O)C2)cc(C)c1Cl. The molecule has 7 nitrogen and oxygen atoms in total. The van der Waals surface area contributed by atoms with Gasteiger partial charge in [0.2, 0.25) is 0 Å². The molecule has 2 heterocycles. The fourth-order valence-corrected chi connectivity index (χ4v) is 5.41. The van der Waals surface area contributed by atoms with Crippen LogP contribution in [0.5, 0.6) is 11.5 Å². The molecule has 1 saturated heterocycles. The largest absolute Gasteiger partial charge is 0.491 e. The lowest BCUT2D eigenvalue weighted by Gasteiger charge is -2.45. The average Bonchev–Trinajstić information content (AvgIpc) is 2.90. The highest BCUT2D eigenvalue weighted by molar-refractivity contribution is 6.32. The molecule has 2 aromatic rings. The van der Waals surface area contributed by atoms with Crippen molar-refractivity contribution in [2.45, 2.75) is 65.0 Å². The van der Waals surface area contributed by atoms with Gasteiger partial charge in [-0.2, -0.15) is 0 Å². The van der Waals surface area contributed by atoms with E-state index >= 15 is 0 Å². The number of nitrogens with zero attached hydrogens (tertiary/aromatic N) is 2. The van der Waals surface area contributed by atoms with E-state index in [-0.39, 0.29) is 31.0 Å². The zero-order valence-corrected chi connectivity index (χ0v) is 23.7. The molecule has 2 aliphatic heterocycles. The molecule has 4 rings (SSSR count). The van der Waals surface area contributed by atoms with Crippen LogP contribution in [0.4, 0.5) is 0 Å². The maximum absolute atomic E-state index is 14.0. The van der Waals surface area contributed by atoms with Gasteiger partial charge >= 0.3 is 0 Å². The summed E-state index contributed by atoms with van der Waals surface area (Å²) in [5.41, 5.74) is 1.90. The fraction of sp³-hybridized carbons (Fsp3) is 0.533. The first-order valence-electron chi connectivity index (χ1n) is 13.5. The average molecular weight is 543 g/mol. The number of hydrogen-bond acceptors (Lipinski definition) is 5. The van der Waals surface area contributed by atoms with Gasteiger partial charge in [-0.15, -0.1) is 0 Å². The first-order valence-corrected chi connectivity index (χ1v) is 13.9. The van der Waals surface area contributed by atoms with Gasteiger partial charge in [-0.25, -0.2) is 0 Å². The Morgan fingerprint density at radius 2 is 1.84 bits per heavy atom. The van der Waals surface area contributed by atoms with Gasteiger partial charge in [0.05, 0.1) is 19.7 Å². The van der Waals surface area contributed by atoms with Crippen molar-refractivity contribution < 1.29 is 23.8 Å². The Morgan fingerprint density at radius 1 is 1.11 bits per heavy atom. The van der Waals surface area contributed by atoms with E-state index in [0.29, 0.717) is 43.5 Å². The topological polar surface area (TPSA) is 68.3 Å². The number of amides is 2. The Kier molecular flexibility index (Phi) is 9.21. The van der Waals surface area contributed by atoms with Crippen molar-refractivity contribution in [3.63, 3.8) is 0 Å². The van der Waals surface area contributed by atoms with Crippen molar-refractivity contribution >= 4 is 23.4 Å². The molecule has 8 heteroatoms. The predicted octanol–water partition coefficient (Wildman–Crippen LogP) is 4.98. The Morgan fingerprint density at radius 3 is 2.58 bits per heavy atom. The third-order valence-corrected chi connectivity index (χ3v) is 8.02. The molecule has 0 N–H and O–H groups in total. The van der Waals surface area contributed by atoms with E-state index in [0.717, 1.165) is 36.1 Å². The molecule has 0 radical (unpaired) electrons. The monoisotopic (exact) mass is 542 g/mol. The third-order valence-electron chi connectivity index (χ3n) is 7.42. The van der Waals surface area contributed by atoms with Crippen LogP contribution in [0, 0.1) is 13.8 Å². The number of rotatable bonds is 4. The molecule has 2 aromatic carbocycles. The molecule has 2 aliphatic rings. The smallest absolute Gasteiger partial charge is 0.260 e. The Balaban J connectivity index is 1.50. The summed E-state index contributed by atoms with van der Waals surface area (Å²) in [5, 5.41) is 0.698. The number of halogens is 1. The normalized spacial score (nSPS) is 20.9. The van der Waals surface area contributed by atoms with Crippen LogP contribution in [0.2, 0.25) is 5.02 Å². The minimum Gasteiger partial charge on any atom is -0.491 e. The van der Waals surface area contributed by atoms with Gasteiger partial charge in [0.1, 0.15) is 18.1 Å². The molecule has 38 heavy (non-hydrogen) atoms. The first-order chi connectivity index (χ1) is 18.2. The number of ether oxygens (including phenoxy) is 3. The number of benzene rings is 2. The zero-order valence-electron chi connectivity index (χ0n) is 22.9. The number of carbonyl (C=O) groups excluding carboxylic acids is 2. The van der Waals surface area contributed by atoms with Crippen molar-refractivity contribution in [2.24, 2.45) is 0 Å². The van der Waals surface area contributed by atoms with Crippen molar-refractivity contribution in [3.05, 3.63) is 58.1 Å². The Hall–Kier alpha value is -2.77. The number of morpholine rings is 1. The van der Waals surface area contributed by atoms with E-state index in [9.17, 15) is 9.59 Å². The molecule has 1 fully saturated rings. The van der Waals surface area contributed by atoms with Crippen molar-refractivity contribution in [1.29, 1.82) is 0 Å².